The maximum Gasteiger partial charge on any atom is 0.0955 e. The van der Waals surface area contributed by atoms with Crippen LogP contribution in [0.4, 0.5) is 0 Å². The van der Waals surface area contributed by atoms with Gasteiger partial charge in [0, 0.05) is 7.05 Å². The van der Waals surface area contributed by atoms with Crippen LogP contribution >= 0.6 is 0 Å². The van der Waals surface area contributed by atoms with Crippen molar-refractivity contribution in [1.82, 2.24) is 9.55 Å². The van der Waals surface area contributed by atoms with Crippen LogP contribution < -0.4 is 0 Å². The van der Waals surface area contributed by atoms with Crippen LogP contribution in [0.3, 0.4) is 0 Å². The van der Waals surface area contributed by atoms with Crippen LogP contribution in [0.15, 0.2) is 24.5 Å². The average Bonchev–Trinajstić information content (AvgIpc) is 2.98. The lowest BCUT2D eigenvalue weighted by atomic mass is 9.98. The zero-order chi connectivity index (χ0) is 11.2. The first-order chi connectivity index (χ1) is 7.72. The van der Waals surface area contributed by atoms with E-state index >= 15 is 0 Å². The molecule has 1 aromatic carbocycles. The first-order valence-electron chi connectivity index (χ1n) is 5.54. The van der Waals surface area contributed by atoms with Gasteiger partial charge in [-0.2, -0.15) is 5.26 Å². The highest BCUT2D eigenvalue weighted by Crippen LogP contribution is 2.47. The zero-order valence-electron chi connectivity index (χ0n) is 9.27. The number of aromatic nitrogens is 2. The van der Waals surface area contributed by atoms with Crippen LogP contribution in [0, 0.1) is 16.7 Å². The van der Waals surface area contributed by atoms with Crippen molar-refractivity contribution in [3.05, 3.63) is 30.1 Å². The summed E-state index contributed by atoms with van der Waals surface area (Å²) in [5.41, 5.74) is 3.33. The smallest absolute Gasteiger partial charge is 0.0955 e. The number of hydrogen-bond acceptors (Lipinski definition) is 2. The molecular formula is C13H13N3. The standard InChI is InChI=1S/C13H13N3/c1-16-9-15-11-6-10(2-3-12(11)16)7-13(8-14)4-5-13/h2-3,6,9H,4-5,7H2,1H3. The summed E-state index contributed by atoms with van der Waals surface area (Å²) in [6.45, 7) is 0. The maximum absolute atomic E-state index is 9.07. The van der Waals surface area contributed by atoms with Gasteiger partial charge in [-0.15, -0.1) is 0 Å². The molecule has 0 radical (unpaired) electrons. The topological polar surface area (TPSA) is 41.6 Å². The second-order valence-corrected chi connectivity index (χ2v) is 4.75. The Kier molecular flexibility index (Phi) is 1.81. The molecule has 0 spiro atoms. The molecule has 80 valence electrons. The third-order valence-electron chi connectivity index (χ3n) is 3.42. The second-order valence-electron chi connectivity index (χ2n) is 4.75. The van der Waals surface area contributed by atoms with Gasteiger partial charge in [-0.1, -0.05) is 6.07 Å². The van der Waals surface area contributed by atoms with Gasteiger partial charge in [-0.3, -0.25) is 0 Å². The molecule has 3 rings (SSSR count). The van der Waals surface area contributed by atoms with Gasteiger partial charge in [0.05, 0.1) is 28.8 Å². The summed E-state index contributed by atoms with van der Waals surface area (Å²) in [7, 11) is 1.99. The summed E-state index contributed by atoms with van der Waals surface area (Å²) in [5.74, 6) is 0. The Morgan fingerprint density at radius 1 is 1.50 bits per heavy atom. The minimum atomic E-state index is -0.0670. The molecule has 0 aliphatic heterocycles. The first-order valence-corrected chi connectivity index (χ1v) is 5.54. The fourth-order valence-corrected chi connectivity index (χ4v) is 2.16. The van der Waals surface area contributed by atoms with Gasteiger partial charge in [-0.25, -0.2) is 4.98 Å². The zero-order valence-corrected chi connectivity index (χ0v) is 9.27. The minimum Gasteiger partial charge on any atom is -0.334 e. The highest BCUT2D eigenvalue weighted by atomic mass is 15.0. The number of rotatable bonds is 2. The molecule has 0 N–H and O–H groups in total. The van der Waals surface area contributed by atoms with Crippen molar-refractivity contribution in [2.24, 2.45) is 12.5 Å². The highest BCUT2D eigenvalue weighted by Gasteiger charge is 2.42. The summed E-state index contributed by atoms with van der Waals surface area (Å²) >= 11 is 0. The molecule has 1 aliphatic carbocycles. The van der Waals surface area contributed by atoms with Crippen LogP contribution in [0.1, 0.15) is 18.4 Å². The van der Waals surface area contributed by atoms with Crippen molar-refractivity contribution in [2.45, 2.75) is 19.3 Å². The van der Waals surface area contributed by atoms with Crippen molar-refractivity contribution >= 4 is 11.0 Å². The van der Waals surface area contributed by atoms with Crippen LogP contribution in [0.25, 0.3) is 11.0 Å². The SMILES string of the molecule is Cn1cnc2cc(CC3(C#N)CC3)ccc21. The second kappa shape index (κ2) is 3.08. The number of imidazole rings is 1. The van der Waals surface area contributed by atoms with Crippen molar-refractivity contribution < 1.29 is 0 Å². The molecule has 16 heavy (non-hydrogen) atoms. The number of nitrogens with zero attached hydrogens (tertiary/aromatic N) is 3. The molecule has 1 fully saturated rings. The lowest BCUT2D eigenvalue weighted by Gasteiger charge is -2.05. The Morgan fingerprint density at radius 2 is 2.31 bits per heavy atom. The molecule has 3 heteroatoms. The quantitative estimate of drug-likeness (QED) is 0.765. The fourth-order valence-electron chi connectivity index (χ4n) is 2.16. The van der Waals surface area contributed by atoms with E-state index in [9.17, 15) is 0 Å². The Labute approximate surface area is 94.3 Å². The Hall–Kier alpha value is -1.82. The minimum absolute atomic E-state index is 0.0670. The van der Waals surface area contributed by atoms with Crippen molar-refractivity contribution in [3.63, 3.8) is 0 Å². The molecule has 0 amide bonds. The van der Waals surface area contributed by atoms with E-state index in [2.05, 4.69) is 29.3 Å². The monoisotopic (exact) mass is 211 g/mol. The van der Waals surface area contributed by atoms with Gasteiger partial charge < -0.3 is 4.57 Å². The van der Waals surface area contributed by atoms with Gasteiger partial charge in [0.1, 0.15) is 0 Å². The predicted octanol–water partition coefficient (Wildman–Crippen LogP) is 2.42. The molecule has 1 aromatic heterocycles. The van der Waals surface area contributed by atoms with E-state index in [4.69, 9.17) is 5.26 Å². The van der Waals surface area contributed by atoms with Gasteiger partial charge >= 0.3 is 0 Å². The van der Waals surface area contributed by atoms with E-state index in [1.807, 2.05) is 17.9 Å². The van der Waals surface area contributed by atoms with Crippen LogP contribution in [-0.2, 0) is 13.5 Å². The van der Waals surface area contributed by atoms with Crippen LogP contribution in [-0.4, -0.2) is 9.55 Å². The van der Waals surface area contributed by atoms with Crippen molar-refractivity contribution in [3.8, 4) is 6.07 Å². The van der Waals surface area contributed by atoms with E-state index in [-0.39, 0.29) is 5.41 Å². The number of nitriles is 1. The van der Waals surface area contributed by atoms with E-state index in [1.165, 1.54) is 5.56 Å². The molecule has 3 nitrogen and oxygen atoms in total. The van der Waals surface area contributed by atoms with Crippen LogP contribution in [0.5, 0.6) is 0 Å². The largest absolute Gasteiger partial charge is 0.334 e. The molecule has 1 aliphatic rings. The van der Waals surface area contributed by atoms with E-state index in [0.717, 1.165) is 30.3 Å². The summed E-state index contributed by atoms with van der Waals surface area (Å²) < 4.78 is 2.01. The van der Waals surface area contributed by atoms with E-state index < -0.39 is 0 Å². The lowest BCUT2D eigenvalue weighted by molar-refractivity contribution is 0.665. The van der Waals surface area contributed by atoms with Crippen molar-refractivity contribution in [2.75, 3.05) is 0 Å². The highest BCUT2D eigenvalue weighted by molar-refractivity contribution is 5.76. The molecule has 1 saturated carbocycles. The Balaban J connectivity index is 1.97. The molecule has 0 saturated heterocycles. The van der Waals surface area contributed by atoms with E-state index in [1.54, 1.807) is 0 Å². The first kappa shape index (κ1) is 9.41. The van der Waals surface area contributed by atoms with Gasteiger partial charge in [0.15, 0.2) is 0 Å². The summed E-state index contributed by atoms with van der Waals surface area (Å²) in [6, 6.07) is 8.73. The molecule has 1 heterocycles. The molecule has 0 unspecified atom stereocenters. The molecular weight excluding hydrogens is 198 g/mol. The summed E-state index contributed by atoms with van der Waals surface area (Å²) in [4.78, 5) is 4.34. The molecule has 2 aromatic rings. The summed E-state index contributed by atoms with van der Waals surface area (Å²) in [6.07, 6.45) is 4.79. The van der Waals surface area contributed by atoms with Gasteiger partial charge in [-0.05, 0) is 37.0 Å². The third kappa shape index (κ3) is 1.38. The fraction of sp³-hybridized carbons (Fsp3) is 0.385. The number of fused-ring (bicyclic) bond motifs is 1. The Morgan fingerprint density at radius 3 is 3.00 bits per heavy atom. The molecule has 0 bridgehead atoms. The van der Waals surface area contributed by atoms with E-state index in [0.29, 0.717) is 0 Å². The van der Waals surface area contributed by atoms with Crippen LogP contribution in [0.2, 0.25) is 0 Å². The lowest BCUT2D eigenvalue weighted by Crippen LogP contribution is -2.01. The number of hydrogen-bond donors (Lipinski definition) is 0. The maximum atomic E-state index is 9.07. The average molecular weight is 211 g/mol. The van der Waals surface area contributed by atoms with Gasteiger partial charge in [0.25, 0.3) is 0 Å². The van der Waals surface area contributed by atoms with Gasteiger partial charge in [0.2, 0.25) is 0 Å². The van der Waals surface area contributed by atoms with Crippen molar-refractivity contribution in [1.29, 1.82) is 5.26 Å². The number of aryl methyl sites for hydroxylation is 1. The molecule has 0 atom stereocenters. The predicted molar refractivity (Wildman–Crippen MR) is 61.7 cm³/mol. The third-order valence-corrected chi connectivity index (χ3v) is 3.42. The summed E-state index contributed by atoms with van der Waals surface area (Å²) in [5, 5.41) is 9.07. The Bertz CT molecular complexity index is 585. The normalized spacial score (nSPS) is 17.2. The number of benzene rings is 1.